The standard InChI is InChI=1S/C18H30N5O3P/c1-5-6-7-12-21-16(19)13-17(22-12)23(10-20-13)18-15(25)14(24)11(26-18)8-9-27(2,3)4/h10-11,14-15,18,24-25H,2,5-9H2,1,3-4H3,(H2,19,21,22)/t11?,14-,15-,18?/m1/s1. The number of fused-ring (bicyclic) bond motifs is 1. The van der Waals surface area contributed by atoms with Crippen molar-refractivity contribution < 1.29 is 14.9 Å². The number of anilines is 1. The number of hydrogen-bond donors (Lipinski definition) is 3. The minimum Gasteiger partial charge on any atom is -0.388 e. The van der Waals surface area contributed by atoms with E-state index in [2.05, 4.69) is 41.5 Å². The fourth-order valence-corrected chi connectivity index (χ4v) is 4.25. The Bertz CT molecular complexity index is 849. The van der Waals surface area contributed by atoms with Crippen molar-refractivity contribution in [2.75, 3.05) is 25.2 Å². The molecular weight excluding hydrogens is 365 g/mol. The van der Waals surface area contributed by atoms with E-state index < -0.39 is 31.4 Å². The Morgan fingerprint density at radius 2 is 2.04 bits per heavy atom. The number of aliphatic hydroxyl groups excluding tert-OH is 2. The number of aryl methyl sites for hydroxylation is 1. The highest BCUT2D eigenvalue weighted by Gasteiger charge is 2.44. The Balaban J connectivity index is 1.88. The molecule has 0 radical (unpaired) electrons. The number of aliphatic hydroxyl groups is 2. The lowest BCUT2D eigenvalue weighted by Crippen LogP contribution is -2.31. The molecule has 1 aliphatic heterocycles. The van der Waals surface area contributed by atoms with Gasteiger partial charge >= 0.3 is 0 Å². The molecule has 0 aliphatic carbocycles. The molecule has 2 aromatic rings. The molecule has 4 atom stereocenters. The predicted octanol–water partition coefficient (Wildman–Crippen LogP) is 1.47. The van der Waals surface area contributed by atoms with Crippen molar-refractivity contribution in [2.24, 2.45) is 0 Å². The van der Waals surface area contributed by atoms with Crippen LogP contribution < -0.4 is 5.73 Å². The lowest BCUT2D eigenvalue weighted by atomic mass is 10.1. The Morgan fingerprint density at radius 3 is 2.70 bits per heavy atom. The molecule has 3 rings (SSSR count). The van der Waals surface area contributed by atoms with Gasteiger partial charge in [0.1, 0.15) is 23.5 Å². The molecule has 1 saturated heterocycles. The summed E-state index contributed by atoms with van der Waals surface area (Å²) >= 11 is 0. The van der Waals surface area contributed by atoms with Gasteiger partial charge in [-0.1, -0.05) is 13.3 Å². The summed E-state index contributed by atoms with van der Waals surface area (Å²) in [6, 6.07) is 0. The molecule has 1 aliphatic rings. The van der Waals surface area contributed by atoms with Gasteiger partial charge < -0.3 is 20.7 Å². The topological polar surface area (TPSA) is 119 Å². The number of aromatic nitrogens is 4. The van der Waals surface area contributed by atoms with E-state index in [4.69, 9.17) is 10.5 Å². The largest absolute Gasteiger partial charge is 0.388 e. The molecule has 0 aromatic carbocycles. The average molecular weight is 395 g/mol. The second kappa shape index (κ2) is 7.87. The van der Waals surface area contributed by atoms with Gasteiger partial charge in [0.05, 0.1) is 12.4 Å². The lowest BCUT2D eigenvalue weighted by molar-refractivity contribution is -0.0353. The third-order valence-electron chi connectivity index (χ3n) is 4.88. The van der Waals surface area contributed by atoms with Gasteiger partial charge in [0.25, 0.3) is 0 Å². The van der Waals surface area contributed by atoms with E-state index in [-0.39, 0.29) is 0 Å². The molecule has 2 unspecified atom stereocenters. The minimum absolute atomic E-state index is 0.318. The highest BCUT2D eigenvalue weighted by molar-refractivity contribution is 7.72. The number of nitrogens with two attached hydrogens (primary N) is 1. The second-order valence-electron chi connectivity index (χ2n) is 7.95. The molecule has 1 fully saturated rings. The van der Waals surface area contributed by atoms with E-state index in [1.165, 1.54) is 0 Å². The van der Waals surface area contributed by atoms with Gasteiger partial charge in [0.15, 0.2) is 17.7 Å². The maximum Gasteiger partial charge on any atom is 0.167 e. The monoisotopic (exact) mass is 395 g/mol. The predicted molar refractivity (Wildman–Crippen MR) is 110 cm³/mol. The maximum absolute atomic E-state index is 10.6. The van der Waals surface area contributed by atoms with Crippen molar-refractivity contribution >= 4 is 30.2 Å². The van der Waals surface area contributed by atoms with Crippen LogP contribution in [0, 0.1) is 0 Å². The SMILES string of the molecule is C=P(C)(C)CCC1OC(n2cnc3c(N)nc(CCCC)nc32)[C@H](O)[C@@H]1O. The molecule has 4 N–H and O–H groups in total. The fraction of sp³-hybridized carbons (Fsp3) is 0.667. The zero-order valence-electron chi connectivity index (χ0n) is 16.2. The van der Waals surface area contributed by atoms with Gasteiger partial charge in [-0.2, -0.15) is 0 Å². The van der Waals surface area contributed by atoms with Crippen LogP contribution in [0.2, 0.25) is 0 Å². The second-order valence-corrected chi connectivity index (χ2v) is 12.3. The van der Waals surface area contributed by atoms with Crippen LogP contribution in [0.3, 0.4) is 0 Å². The third kappa shape index (κ3) is 4.35. The van der Waals surface area contributed by atoms with Gasteiger partial charge in [0.2, 0.25) is 0 Å². The average Bonchev–Trinajstić information content (AvgIpc) is 3.13. The molecule has 8 nitrogen and oxygen atoms in total. The van der Waals surface area contributed by atoms with Gasteiger partial charge in [-0.3, -0.25) is 4.57 Å². The summed E-state index contributed by atoms with van der Waals surface area (Å²) in [4.78, 5) is 13.2. The molecule has 0 saturated carbocycles. The smallest absolute Gasteiger partial charge is 0.167 e. The van der Waals surface area contributed by atoms with Crippen LogP contribution in [-0.4, -0.2) is 73.8 Å². The molecule has 150 valence electrons. The highest BCUT2D eigenvalue weighted by atomic mass is 31.2. The first kappa shape index (κ1) is 20.3. The molecule has 2 aromatic heterocycles. The first-order valence-electron chi connectivity index (χ1n) is 9.39. The van der Waals surface area contributed by atoms with Crippen LogP contribution >= 0.6 is 6.89 Å². The van der Waals surface area contributed by atoms with E-state index in [1.807, 2.05) is 0 Å². The summed E-state index contributed by atoms with van der Waals surface area (Å²) in [5.74, 6) is 0.967. The van der Waals surface area contributed by atoms with E-state index in [9.17, 15) is 10.2 Å². The Hall–Kier alpha value is -1.47. The third-order valence-corrected chi connectivity index (χ3v) is 6.35. The van der Waals surface area contributed by atoms with E-state index in [0.717, 1.165) is 25.4 Å². The van der Waals surface area contributed by atoms with Crippen LogP contribution in [0.15, 0.2) is 6.33 Å². The van der Waals surface area contributed by atoms with Gasteiger partial charge in [0, 0.05) is 6.42 Å². The normalized spacial score (nSPS) is 26.1. The first-order chi connectivity index (χ1) is 12.7. The Kier molecular flexibility index (Phi) is 5.91. The van der Waals surface area contributed by atoms with Crippen LogP contribution in [0.4, 0.5) is 5.82 Å². The maximum atomic E-state index is 10.6. The summed E-state index contributed by atoms with van der Waals surface area (Å²) in [5, 5.41) is 21.0. The molecule has 0 amide bonds. The van der Waals surface area contributed by atoms with Crippen LogP contribution in [0.1, 0.15) is 38.2 Å². The first-order valence-corrected chi connectivity index (χ1v) is 12.4. The lowest BCUT2D eigenvalue weighted by Gasteiger charge is -2.18. The number of nitrogens with zero attached hydrogens (tertiary/aromatic N) is 4. The summed E-state index contributed by atoms with van der Waals surface area (Å²) in [6.45, 7) is 5.15. The van der Waals surface area contributed by atoms with Crippen molar-refractivity contribution in [3.8, 4) is 0 Å². The molecule has 0 bridgehead atoms. The summed E-state index contributed by atoms with van der Waals surface area (Å²) < 4.78 is 7.66. The van der Waals surface area contributed by atoms with Gasteiger partial charge in [-0.05, 0) is 32.3 Å². The summed E-state index contributed by atoms with van der Waals surface area (Å²) in [7, 11) is 0. The molecule has 27 heavy (non-hydrogen) atoms. The zero-order valence-corrected chi connectivity index (χ0v) is 17.1. The van der Waals surface area contributed by atoms with Crippen molar-refractivity contribution in [1.29, 1.82) is 0 Å². The zero-order chi connectivity index (χ0) is 19.8. The number of imidazole rings is 1. The van der Waals surface area contributed by atoms with E-state index >= 15 is 0 Å². The minimum atomic E-state index is -1.24. The van der Waals surface area contributed by atoms with E-state index in [1.54, 1.807) is 10.9 Å². The molecule has 9 heteroatoms. The number of rotatable bonds is 7. The quantitative estimate of drug-likeness (QED) is 0.607. The number of ether oxygens (including phenoxy) is 1. The Morgan fingerprint density at radius 1 is 1.30 bits per heavy atom. The fourth-order valence-electron chi connectivity index (χ4n) is 3.29. The van der Waals surface area contributed by atoms with Crippen LogP contribution in [0.5, 0.6) is 0 Å². The van der Waals surface area contributed by atoms with Crippen LogP contribution in [0.25, 0.3) is 11.2 Å². The number of nitrogen functional groups attached to an aromatic ring is 1. The summed E-state index contributed by atoms with van der Waals surface area (Å²) in [5.41, 5.74) is 7.05. The van der Waals surface area contributed by atoms with Crippen molar-refractivity contribution in [3.63, 3.8) is 0 Å². The van der Waals surface area contributed by atoms with Crippen LogP contribution in [-0.2, 0) is 11.2 Å². The number of unbranched alkanes of at least 4 members (excludes halogenated alkanes) is 1. The molecule has 3 heterocycles. The van der Waals surface area contributed by atoms with Crippen molar-refractivity contribution in [3.05, 3.63) is 12.2 Å². The number of hydrogen-bond acceptors (Lipinski definition) is 7. The highest BCUT2D eigenvalue weighted by Crippen LogP contribution is 2.40. The van der Waals surface area contributed by atoms with Gasteiger partial charge in [-0.15, -0.1) is 13.2 Å². The van der Waals surface area contributed by atoms with Crippen molar-refractivity contribution in [1.82, 2.24) is 19.5 Å². The van der Waals surface area contributed by atoms with Gasteiger partial charge in [-0.25, -0.2) is 15.0 Å². The Labute approximate surface area is 159 Å². The van der Waals surface area contributed by atoms with E-state index in [0.29, 0.717) is 29.2 Å². The summed E-state index contributed by atoms with van der Waals surface area (Å²) in [6.07, 6.45) is 6.78. The molecule has 0 spiro atoms. The molecular formula is C18H30N5O3P. The van der Waals surface area contributed by atoms with Crippen molar-refractivity contribution in [2.45, 2.75) is 57.1 Å².